The van der Waals surface area contributed by atoms with Gasteiger partial charge in [-0.25, -0.2) is 9.59 Å². The Morgan fingerprint density at radius 1 is 1.24 bits per heavy atom. The zero-order chi connectivity index (χ0) is 15.6. The van der Waals surface area contributed by atoms with Crippen LogP contribution in [0, 0.1) is 6.92 Å². The molecule has 1 heterocycles. The number of methoxy groups -OCH3 is 2. The third-order valence-electron chi connectivity index (χ3n) is 2.88. The maximum atomic E-state index is 11.8. The molecule has 0 saturated carbocycles. The van der Waals surface area contributed by atoms with Gasteiger partial charge in [-0.3, -0.25) is 0 Å². The van der Waals surface area contributed by atoms with E-state index in [0.29, 0.717) is 32.5 Å². The van der Waals surface area contributed by atoms with Crippen LogP contribution >= 0.6 is 15.9 Å². The van der Waals surface area contributed by atoms with Crippen molar-refractivity contribution >= 4 is 38.8 Å². The largest absolute Gasteiger partial charge is 0.481 e. The topological polar surface area (TPSA) is 75.0 Å². The third-order valence-corrected chi connectivity index (χ3v) is 3.50. The van der Waals surface area contributed by atoms with Gasteiger partial charge in [-0.05, 0) is 35.0 Å². The highest BCUT2D eigenvalue weighted by Crippen LogP contribution is 2.35. The molecule has 0 aliphatic heterocycles. The summed E-state index contributed by atoms with van der Waals surface area (Å²) >= 11 is 3.32. The number of aryl methyl sites for hydroxylation is 1. The number of esters is 2. The van der Waals surface area contributed by atoms with Crippen LogP contribution in [0.2, 0.25) is 0 Å². The van der Waals surface area contributed by atoms with E-state index in [-0.39, 0.29) is 6.61 Å². The van der Waals surface area contributed by atoms with Gasteiger partial charge in [-0.2, -0.15) is 0 Å². The van der Waals surface area contributed by atoms with Gasteiger partial charge < -0.3 is 18.6 Å². The van der Waals surface area contributed by atoms with Crippen molar-refractivity contribution in [2.24, 2.45) is 0 Å². The number of ether oxygens (including phenoxy) is 3. The van der Waals surface area contributed by atoms with Gasteiger partial charge in [-0.1, -0.05) is 0 Å². The summed E-state index contributed by atoms with van der Waals surface area (Å²) in [5.74, 6) is -0.140. The number of hydrogen-bond acceptors (Lipinski definition) is 6. The van der Waals surface area contributed by atoms with Crippen LogP contribution in [0.3, 0.4) is 0 Å². The number of rotatable bonds is 4. The molecular weight excluding hydrogens is 344 g/mol. The first-order chi connectivity index (χ1) is 9.97. The predicted octanol–water partition coefficient (Wildman–Crippen LogP) is 2.84. The Labute approximate surface area is 129 Å². The average Bonchev–Trinajstić information content (AvgIpc) is 2.78. The molecule has 0 atom stereocenters. The van der Waals surface area contributed by atoms with E-state index in [2.05, 4.69) is 20.7 Å². The molecule has 7 heteroatoms. The van der Waals surface area contributed by atoms with Gasteiger partial charge in [0.15, 0.2) is 6.61 Å². The molecule has 0 unspecified atom stereocenters. The maximum absolute atomic E-state index is 11.8. The normalized spacial score (nSPS) is 10.5. The summed E-state index contributed by atoms with van der Waals surface area (Å²) in [4.78, 5) is 22.9. The van der Waals surface area contributed by atoms with E-state index in [1.165, 1.54) is 14.2 Å². The van der Waals surface area contributed by atoms with E-state index in [4.69, 9.17) is 13.9 Å². The summed E-state index contributed by atoms with van der Waals surface area (Å²) in [6.45, 7) is 1.44. The van der Waals surface area contributed by atoms with Crippen LogP contribution in [-0.2, 0) is 14.3 Å². The third kappa shape index (κ3) is 3.02. The van der Waals surface area contributed by atoms with Crippen molar-refractivity contribution in [3.63, 3.8) is 0 Å². The van der Waals surface area contributed by atoms with Crippen molar-refractivity contribution in [2.75, 3.05) is 20.8 Å². The quantitative estimate of drug-likeness (QED) is 0.784. The van der Waals surface area contributed by atoms with Crippen molar-refractivity contribution in [3.8, 4) is 5.75 Å². The van der Waals surface area contributed by atoms with Gasteiger partial charge in [0.2, 0.25) is 0 Å². The number of fused-ring (bicyclic) bond motifs is 1. The second-order valence-electron chi connectivity index (χ2n) is 4.17. The van der Waals surface area contributed by atoms with Crippen LogP contribution in [0.5, 0.6) is 5.75 Å². The van der Waals surface area contributed by atoms with Crippen LogP contribution in [0.1, 0.15) is 16.1 Å². The fourth-order valence-electron chi connectivity index (χ4n) is 1.88. The van der Waals surface area contributed by atoms with Gasteiger partial charge in [-0.15, -0.1) is 0 Å². The maximum Gasteiger partial charge on any atom is 0.343 e. The van der Waals surface area contributed by atoms with Crippen LogP contribution < -0.4 is 4.74 Å². The Kier molecular flexibility index (Phi) is 4.52. The summed E-state index contributed by atoms with van der Waals surface area (Å²) in [7, 11) is 2.58. The molecular formula is C14H13BrO6. The lowest BCUT2D eigenvalue weighted by atomic mass is 10.1. The summed E-state index contributed by atoms with van der Waals surface area (Å²) in [6.07, 6.45) is 0. The molecule has 1 aromatic carbocycles. The van der Waals surface area contributed by atoms with Gasteiger partial charge in [0.1, 0.15) is 22.7 Å². The Morgan fingerprint density at radius 3 is 2.57 bits per heavy atom. The Balaban J connectivity index is 2.46. The zero-order valence-corrected chi connectivity index (χ0v) is 13.3. The van der Waals surface area contributed by atoms with Gasteiger partial charge >= 0.3 is 11.9 Å². The first-order valence-corrected chi connectivity index (χ1v) is 6.77. The highest BCUT2D eigenvalue weighted by molar-refractivity contribution is 9.10. The van der Waals surface area contributed by atoms with Crippen molar-refractivity contribution in [3.05, 3.63) is 27.9 Å². The molecule has 0 radical (unpaired) electrons. The molecule has 0 spiro atoms. The number of hydrogen-bond donors (Lipinski definition) is 0. The molecule has 1 aromatic heterocycles. The Hall–Kier alpha value is -2.02. The highest BCUT2D eigenvalue weighted by atomic mass is 79.9. The number of carbonyl (C=O) groups is 2. The zero-order valence-electron chi connectivity index (χ0n) is 11.7. The lowest BCUT2D eigenvalue weighted by molar-refractivity contribution is -0.142. The lowest BCUT2D eigenvalue weighted by Crippen LogP contribution is -2.12. The first kappa shape index (κ1) is 15.4. The highest BCUT2D eigenvalue weighted by Gasteiger charge is 2.20. The van der Waals surface area contributed by atoms with Crippen LogP contribution in [0.15, 0.2) is 21.0 Å². The van der Waals surface area contributed by atoms with Crippen LogP contribution in [-0.4, -0.2) is 32.8 Å². The van der Waals surface area contributed by atoms with Gasteiger partial charge in [0.05, 0.1) is 18.7 Å². The minimum Gasteiger partial charge on any atom is -0.481 e. The second kappa shape index (κ2) is 6.17. The summed E-state index contributed by atoms with van der Waals surface area (Å²) < 4.78 is 20.7. The average molecular weight is 357 g/mol. The summed E-state index contributed by atoms with van der Waals surface area (Å²) in [5, 5.41) is 0.558. The van der Waals surface area contributed by atoms with Crippen molar-refractivity contribution in [2.45, 2.75) is 6.92 Å². The van der Waals surface area contributed by atoms with Crippen LogP contribution in [0.4, 0.5) is 0 Å². The fourth-order valence-corrected chi connectivity index (χ4v) is 2.32. The number of halogens is 1. The lowest BCUT2D eigenvalue weighted by Gasteiger charge is -2.07. The van der Waals surface area contributed by atoms with Crippen molar-refractivity contribution in [1.82, 2.24) is 0 Å². The second-order valence-corrected chi connectivity index (χ2v) is 5.02. The number of carbonyl (C=O) groups excluding carboxylic acids is 2. The first-order valence-electron chi connectivity index (χ1n) is 5.98. The molecule has 0 N–H and O–H groups in total. The van der Waals surface area contributed by atoms with Crippen molar-refractivity contribution < 1.29 is 28.2 Å². The molecule has 2 rings (SSSR count). The molecule has 0 fully saturated rings. The molecule has 6 nitrogen and oxygen atoms in total. The molecule has 0 aliphatic rings. The predicted molar refractivity (Wildman–Crippen MR) is 77.5 cm³/mol. The minimum absolute atomic E-state index is 0.231. The molecule has 2 aromatic rings. The number of furan rings is 1. The van der Waals surface area contributed by atoms with E-state index < -0.39 is 11.9 Å². The van der Waals surface area contributed by atoms with E-state index in [1.54, 1.807) is 19.1 Å². The van der Waals surface area contributed by atoms with Gasteiger partial charge in [0, 0.05) is 5.39 Å². The SMILES string of the molecule is COC(=O)COc1cc2c(C(=O)OC)c(C)oc2cc1Br. The smallest absolute Gasteiger partial charge is 0.343 e. The fraction of sp³-hybridized carbons (Fsp3) is 0.286. The van der Waals surface area contributed by atoms with E-state index >= 15 is 0 Å². The van der Waals surface area contributed by atoms with Crippen LogP contribution in [0.25, 0.3) is 11.0 Å². The molecule has 0 bridgehead atoms. The Bertz CT molecular complexity index is 703. The number of benzene rings is 1. The monoisotopic (exact) mass is 356 g/mol. The molecule has 0 aliphatic carbocycles. The van der Waals surface area contributed by atoms with E-state index in [9.17, 15) is 9.59 Å². The standard InChI is InChI=1S/C14H13BrO6/c1-7-13(14(17)19-3)8-4-11(20-6-12(16)18-2)9(15)5-10(8)21-7/h4-5H,6H2,1-3H3. The summed E-state index contributed by atoms with van der Waals surface area (Å²) in [6, 6.07) is 3.28. The van der Waals surface area contributed by atoms with Crippen molar-refractivity contribution in [1.29, 1.82) is 0 Å². The van der Waals surface area contributed by atoms with E-state index in [1.807, 2.05) is 0 Å². The van der Waals surface area contributed by atoms with E-state index in [0.717, 1.165) is 0 Å². The Morgan fingerprint density at radius 2 is 1.95 bits per heavy atom. The summed E-state index contributed by atoms with van der Waals surface area (Å²) in [5.41, 5.74) is 0.855. The minimum atomic E-state index is -0.501. The molecule has 112 valence electrons. The van der Waals surface area contributed by atoms with Gasteiger partial charge in [0.25, 0.3) is 0 Å². The molecule has 21 heavy (non-hydrogen) atoms. The molecule has 0 amide bonds. The molecule has 0 saturated heterocycles.